The number of likely N-dealkylation sites (N-methyl/N-ethyl adjacent to an activating group) is 1. The molecule has 0 saturated heterocycles. The van der Waals surface area contributed by atoms with Gasteiger partial charge >= 0.3 is 6.03 Å². The maximum atomic E-state index is 13.8. The van der Waals surface area contributed by atoms with E-state index in [2.05, 4.69) is 51.9 Å². The normalized spacial score (nSPS) is 17.7. The van der Waals surface area contributed by atoms with Crippen LogP contribution in [0.1, 0.15) is 29.8 Å². The van der Waals surface area contributed by atoms with E-state index < -0.39 is 12.1 Å². The van der Waals surface area contributed by atoms with E-state index in [9.17, 15) is 14.7 Å². The van der Waals surface area contributed by atoms with Crippen molar-refractivity contribution in [1.82, 2.24) is 9.80 Å². The SMILES string of the molecule is C[C@H](CO)N1C[C@H](C)[C@@H](CN(C)Cc2ccc(-c3ccccc3)cc2)Oc2c(NC(=O)Nc3ccc4c(c3)OCO4)cccc2C1=O. The molecule has 0 aromatic heterocycles. The maximum absolute atomic E-state index is 13.8. The highest BCUT2D eigenvalue weighted by molar-refractivity contribution is 6.04. The van der Waals surface area contributed by atoms with Gasteiger partial charge in [-0.25, -0.2) is 4.79 Å². The number of para-hydroxylation sites is 1. The second kappa shape index (κ2) is 14.1. The highest BCUT2D eigenvalue weighted by Gasteiger charge is 2.34. The Kier molecular flexibility index (Phi) is 9.60. The standard InChI is InChI=1S/C37H40N4O6/c1-24-19-41(25(2)22-42)36(43)30-10-7-11-31(39-37(44)38-29-16-17-32-33(18-29)46-23-45-32)35(30)47-34(24)21-40(3)20-26-12-14-28(15-13-26)27-8-5-4-6-9-27/h4-18,24-25,34,42H,19-23H2,1-3H3,(H2,38,39,44)/t24-,25+,34+/m0/s1. The van der Waals surface area contributed by atoms with Gasteiger partial charge in [0, 0.05) is 37.3 Å². The molecule has 2 heterocycles. The molecule has 4 aromatic rings. The number of hydrogen-bond donors (Lipinski definition) is 3. The Balaban J connectivity index is 1.22. The van der Waals surface area contributed by atoms with Crippen molar-refractivity contribution in [3.05, 3.63) is 102 Å². The molecule has 2 aliphatic rings. The van der Waals surface area contributed by atoms with E-state index in [1.165, 1.54) is 11.1 Å². The molecule has 0 aliphatic carbocycles. The molecule has 3 atom stereocenters. The second-order valence-corrected chi connectivity index (χ2v) is 12.2. The number of urea groups is 1. The van der Waals surface area contributed by atoms with E-state index in [0.29, 0.717) is 53.8 Å². The van der Waals surface area contributed by atoms with E-state index >= 15 is 0 Å². The van der Waals surface area contributed by atoms with E-state index in [4.69, 9.17) is 14.2 Å². The van der Waals surface area contributed by atoms with Gasteiger partial charge in [0.05, 0.1) is 23.9 Å². The quantitative estimate of drug-likeness (QED) is 0.204. The summed E-state index contributed by atoms with van der Waals surface area (Å²) in [7, 11) is 2.04. The van der Waals surface area contributed by atoms with E-state index in [1.54, 1.807) is 41.3 Å². The minimum absolute atomic E-state index is 0.0838. The molecule has 0 fully saturated rings. The predicted molar refractivity (Wildman–Crippen MR) is 181 cm³/mol. The van der Waals surface area contributed by atoms with Gasteiger partial charge in [-0.05, 0) is 54.9 Å². The fraction of sp³-hybridized carbons (Fsp3) is 0.297. The molecular formula is C37H40N4O6. The second-order valence-electron chi connectivity index (χ2n) is 12.2. The number of nitrogens with zero attached hydrogens (tertiary/aromatic N) is 2. The first-order valence-electron chi connectivity index (χ1n) is 15.8. The zero-order valence-corrected chi connectivity index (χ0v) is 26.8. The lowest BCUT2D eigenvalue weighted by atomic mass is 9.98. The number of benzene rings is 4. The first-order chi connectivity index (χ1) is 22.8. The molecule has 10 heteroatoms. The molecule has 0 bridgehead atoms. The van der Waals surface area contributed by atoms with Crippen LogP contribution < -0.4 is 24.8 Å². The van der Waals surface area contributed by atoms with Crippen molar-refractivity contribution in [2.75, 3.05) is 44.2 Å². The van der Waals surface area contributed by atoms with Gasteiger partial charge < -0.3 is 34.9 Å². The summed E-state index contributed by atoms with van der Waals surface area (Å²) >= 11 is 0. The van der Waals surface area contributed by atoms with Crippen LogP contribution in [0.2, 0.25) is 0 Å². The Morgan fingerprint density at radius 1 is 0.957 bits per heavy atom. The summed E-state index contributed by atoms with van der Waals surface area (Å²) in [5, 5.41) is 15.7. The van der Waals surface area contributed by atoms with Crippen molar-refractivity contribution in [1.29, 1.82) is 0 Å². The van der Waals surface area contributed by atoms with Gasteiger partial charge in [0.15, 0.2) is 17.2 Å². The van der Waals surface area contributed by atoms with Crippen molar-refractivity contribution < 1.29 is 28.9 Å². The van der Waals surface area contributed by atoms with Crippen molar-refractivity contribution in [3.8, 4) is 28.4 Å². The average molecular weight is 637 g/mol. The van der Waals surface area contributed by atoms with Crippen LogP contribution in [-0.4, -0.2) is 72.5 Å². The van der Waals surface area contributed by atoms with Crippen LogP contribution in [0.15, 0.2) is 91.0 Å². The number of carbonyl (C=O) groups excluding carboxylic acids is 2. The highest BCUT2D eigenvalue weighted by atomic mass is 16.7. The number of aliphatic hydroxyl groups excluding tert-OH is 1. The summed E-state index contributed by atoms with van der Waals surface area (Å²) in [6.07, 6.45) is -0.330. The van der Waals surface area contributed by atoms with Crippen LogP contribution in [0.5, 0.6) is 17.2 Å². The third kappa shape index (κ3) is 7.34. The van der Waals surface area contributed by atoms with Crippen LogP contribution in [0.4, 0.5) is 16.2 Å². The Bertz CT molecular complexity index is 1710. The molecule has 6 rings (SSSR count). The Labute approximate surface area is 274 Å². The molecule has 0 radical (unpaired) electrons. The number of amides is 3. The van der Waals surface area contributed by atoms with Gasteiger partial charge in [-0.15, -0.1) is 0 Å². The zero-order valence-electron chi connectivity index (χ0n) is 26.8. The number of anilines is 2. The van der Waals surface area contributed by atoms with Gasteiger partial charge in [0.25, 0.3) is 5.91 Å². The minimum atomic E-state index is -0.503. The average Bonchev–Trinajstić information content (AvgIpc) is 3.55. The number of carbonyl (C=O) groups is 2. The van der Waals surface area contributed by atoms with Gasteiger partial charge in [-0.2, -0.15) is 0 Å². The molecule has 3 N–H and O–H groups in total. The smallest absolute Gasteiger partial charge is 0.323 e. The van der Waals surface area contributed by atoms with Crippen molar-refractivity contribution >= 4 is 23.3 Å². The largest absolute Gasteiger partial charge is 0.486 e. The fourth-order valence-electron chi connectivity index (χ4n) is 5.94. The summed E-state index contributed by atoms with van der Waals surface area (Å²) in [5.74, 6) is 1.11. The molecule has 47 heavy (non-hydrogen) atoms. The summed E-state index contributed by atoms with van der Waals surface area (Å²) in [4.78, 5) is 30.9. The third-order valence-corrected chi connectivity index (χ3v) is 8.57. The molecule has 0 spiro atoms. The first-order valence-corrected chi connectivity index (χ1v) is 15.8. The van der Waals surface area contributed by atoms with Crippen LogP contribution in [0.25, 0.3) is 11.1 Å². The minimum Gasteiger partial charge on any atom is -0.486 e. The Hall–Kier alpha value is -5.06. The number of hydrogen-bond acceptors (Lipinski definition) is 7. The maximum Gasteiger partial charge on any atom is 0.323 e. The van der Waals surface area contributed by atoms with Gasteiger partial charge in [0.1, 0.15) is 6.10 Å². The Morgan fingerprint density at radius 3 is 2.47 bits per heavy atom. The lowest BCUT2D eigenvalue weighted by Gasteiger charge is -2.38. The van der Waals surface area contributed by atoms with Gasteiger partial charge in [-0.3, -0.25) is 9.69 Å². The van der Waals surface area contributed by atoms with Crippen molar-refractivity contribution in [2.45, 2.75) is 32.5 Å². The number of nitrogens with one attached hydrogen (secondary N) is 2. The molecular weight excluding hydrogens is 596 g/mol. The molecule has 244 valence electrons. The molecule has 4 aromatic carbocycles. The molecule has 2 aliphatic heterocycles. The number of fused-ring (bicyclic) bond motifs is 2. The van der Waals surface area contributed by atoms with E-state index in [1.807, 2.05) is 39.1 Å². The van der Waals surface area contributed by atoms with E-state index in [-0.39, 0.29) is 31.3 Å². The van der Waals surface area contributed by atoms with Gasteiger partial charge in [-0.1, -0.05) is 67.6 Å². The summed E-state index contributed by atoms with van der Waals surface area (Å²) in [6.45, 7) is 5.50. The Morgan fingerprint density at radius 2 is 1.70 bits per heavy atom. The lowest BCUT2D eigenvalue weighted by molar-refractivity contribution is 0.0343. The van der Waals surface area contributed by atoms with Crippen molar-refractivity contribution in [3.63, 3.8) is 0 Å². The third-order valence-electron chi connectivity index (χ3n) is 8.57. The van der Waals surface area contributed by atoms with E-state index in [0.717, 1.165) is 5.56 Å². The van der Waals surface area contributed by atoms with Crippen LogP contribution >= 0.6 is 0 Å². The van der Waals surface area contributed by atoms with Crippen molar-refractivity contribution in [2.24, 2.45) is 5.92 Å². The van der Waals surface area contributed by atoms with Gasteiger partial charge in [0.2, 0.25) is 6.79 Å². The topological polar surface area (TPSA) is 113 Å². The lowest BCUT2D eigenvalue weighted by Crippen LogP contribution is -2.49. The monoisotopic (exact) mass is 636 g/mol. The number of rotatable bonds is 9. The summed E-state index contributed by atoms with van der Waals surface area (Å²) < 4.78 is 17.5. The fourth-order valence-corrected chi connectivity index (χ4v) is 5.94. The molecule has 0 unspecified atom stereocenters. The zero-order chi connectivity index (χ0) is 32.9. The molecule has 3 amide bonds. The highest BCUT2D eigenvalue weighted by Crippen LogP contribution is 2.36. The molecule has 0 saturated carbocycles. The number of ether oxygens (including phenoxy) is 3. The van der Waals surface area contributed by atoms with Crippen LogP contribution in [0.3, 0.4) is 0 Å². The van der Waals surface area contributed by atoms with Crippen LogP contribution in [-0.2, 0) is 6.54 Å². The molecule has 10 nitrogen and oxygen atoms in total. The van der Waals surface area contributed by atoms with Crippen LogP contribution in [0, 0.1) is 5.92 Å². The summed E-state index contributed by atoms with van der Waals surface area (Å²) in [6, 6.07) is 28.2. The predicted octanol–water partition coefficient (Wildman–Crippen LogP) is 6.08. The summed E-state index contributed by atoms with van der Waals surface area (Å²) in [5.41, 5.74) is 4.71. The first kappa shape index (κ1) is 31.9. The number of aliphatic hydroxyl groups is 1.